The standard InChI is InChI=1S/C11H8ClFN4S2/c1-5-4-18-9-8(5)16-11(12)17-10(9)15-3-7-14-2-6(13)19-7/h2,4H,3H2,1H3,(H,15,16,17). The summed E-state index contributed by atoms with van der Waals surface area (Å²) in [5, 5.41) is 5.69. The van der Waals surface area contributed by atoms with Gasteiger partial charge in [-0.2, -0.15) is 9.37 Å². The Morgan fingerprint density at radius 1 is 1.42 bits per heavy atom. The summed E-state index contributed by atoms with van der Waals surface area (Å²) in [6.45, 7) is 2.39. The Kier molecular flexibility index (Phi) is 3.34. The molecule has 0 unspecified atom stereocenters. The molecule has 0 fully saturated rings. The summed E-state index contributed by atoms with van der Waals surface area (Å²) in [6, 6.07) is 0. The van der Waals surface area contributed by atoms with Gasteiger partial charge in [-0.1, -0.05) is 11.3 Å². The molecule has 0 bridgehead atoms. The number of nitrogens with one attached hydrogen (secondary N) is 1. The molecule has 3 aromatic rings. The van der Waals surface area contributed by atoms with Crippen molar-refractivity contribution in [2.45, 2.75) is 13.5 Å². The van der Waals surface area contributed by atoms with Crippen molar-refractivity contribution >= 4 is 50.3 Å². The number of nitrogens with zero attached hydrogens (tertiary/aromatic N) is 3. The zero-order valence-electron chi connectivity index (χ0n) is 9.78. The average Bonchev–Trinajstić information content (AvgIpc) is 2.94. The molecule has 8 heteroatoms. The van der Waals surface area contributed by atoms with Crippen LogP contribution in [0.4, 0.5) is 10.2 Å². The molecule has 3 aromatic heterocycles. The molecule has 0 aliphatic heterocycles. The second kappa shape index (κ2) is 4.99. The molecule has 0 saturated carbocycles. The molecule has 0 radical (unpaired) electrons. The van der Waals surface area contributed by atoms with Gasteiger partial charge < -0.3 is 5.32 Å². The van der Waals surface area contributed by atoms with Crippen LogP contribution in [0.15, 0.2) is 11.6 Å². The van der Waals surface area contributed by atoms with Crippen molar-refractivity contribution in [1.29, 1.82) is 0 Å². The van der Waals surface area contributed by atoms with Gasteiger partial charge in [-0.05, 0) is 29.5 Å². The van der Waals surface area contributed by atoms with Gasteiger partial charge in [0.25, 0.3) is 0 Å². The summed E-state index contributed by atoms with van der Waals surface area (Å²) in [5.74, 6) is 0.656. The fourth-order valence-corrected chi connectivity index (χ4v) is 3.36. The fraction of sp³-hybridized carbons (Fsp3) is 0.182. The van der Waals surface area contributed by atoms with E-state index in [-0.39, 0.29) is 10.4 Å². The average molecular weight is 315 g/mol. The van der Waals surface area contributed by atoms with Gasteiger partial charge in [0, 0.05) is 0 Å². The number of anilines is 1. The maximum atomic E-state index is 12.9. The molecule has 0 aliphatic rings. The number of thiazole rings is 1. The normalized spacial score (nSPS) is 11.1. The van der Waals surface area contributed by atoms with Crippen LogP contribution < -0.4 is 5.32 Å². The highest BCUT2D eigenvalue weighted by Crippen LogP contribution is 2.30. The highest BCUT2D eigenvalue weighted by molar-refractivity contribution is 7.18. The van der Waals surface area contributed by atoms with Crippen LogP contribution in [0.5, 0.6) is 0 Å². The zero-order chi connectivity index (χ0) is 13.4. The molecule has 0 amide bonds. The molecule has 0 atom stereocenters. The van der Waals surface area contributed by atoms with Crippen molar-refractivity contribution in [2.24, 2.45) is 0 Å². The SMILES string of the molecule is Cc1csc2c(NCc3ncc(F)s3)nc(Cl)nc12. The van der Waals surface area contributed by atoms with Gasteiger partial charge in [0.2, 0.25) is 5.28 Å². The Bertz CT molecular complexity index is 739. The van der Waals surface area contributed by atoms with Crippen LogP contribution in [0, 0.1) is 12.1 Å². The molecule has 0 aliphatic carbocycles. The Hall–Kier alpha value is -1.31. The number of hydrogen-bond acceptors (Lipinski definition) is 6. The van der Waals surface area contributed by atoms with E-state index in [0.29, 0.717) is 17.4 Å². The van der Waals surface area contributed by atoms with Crippen molar-refractivity contribution in [3.63, 3.8) is 0 Å². The summed E-state index contributed by atoms with van der Waals surface area (Å²) < 4.78 is 13.8. The highest BCUT2D eigenvalue weighted by atomic mass is 35.5. The van der Waals surface area contributed by atoms with Crippen LogP contribution >= 0.6 is 34.3 Å². The zero-order valence-corrected chi connectivity index (χ0v) is 12.2. The van der Waals surface area contributed by atoms with Crippen LogP contribution in [0.3, 0.4) is 0 Å². The van der Waals surface area contributed by atoms with Crippen molar-refractivity contribution in [2.75, 3.05) is 5.32 Å². The summed E-state index contributed by atoms with van der Waals surface area (Å²) in [4.78, 5) is 12.3. The number of fused-ring (bicyclic) bond motifs is 1. The molecule has 3 rings (SSSR count). The summed E-state index contributed by atoms with van der Waals surface area (Å²) in [5.41, 5.74) is 1.91. The summed E-state index contributed by atoms with van der Waals surface area (Å²) in [7, 11) is 0. The van der Waals surface area contributed by atoms with Gasteiger partial charge in [-0.3, -0.25) is 0 Å². The number of hydrogen-bond donors (Lipinski definition) is 1. The molecule has 0 saturated heterocycles. The monoisotopic (exact) mass is 314 g/mol. The first kappa shape index (κ1) is 12.7. The minimum absolute atomic E-state index is 0.196. The molecule has 3 heterocycles. The van der Waals surface area contributed by atoms with Gasteiger partial charge in [0.05, 0.1) is 23.0 Å². The quantitative estimate of drug-likeness (QED) is 0.746. The Balaban J connectivity index is 1.92. The molecule has 4 nitrogen and oxygen atoms in total. The van der Waals surface area contributed by atoms with E-state index in [1.54, 1.807) is 11.3 Å². The van der Waals surface area contributed by atoms with Crippen LogP contribution in [0.25, 0.3) is 10.2 Å². The van der Waals surface area contributed by atoms with Crippen molar-refractivity contribution in [3.8, 4) is 0 Å². The summed E-state index contributed by atoms with van der Waals surface area (Å²) >= 11 is 8.47. The fourth-order valence-electron chi connectivity index (χ4n) is 1.65. The lowest BCUT2D eigenvalue weighted by molar-refractivity contribution is 0.653. The number of aryl methyl sites for hydroxylation is 1. The molecular formula is C11H8ClFN4S2. The molecule has 19 heavy (non-hydrogen) atoms. The first-order valence-corrected chi connectivity index (χ1v) is 7.46. The minimum atomic E-state index is -0.297. The van der Waals surface area contributed by atoms with E-state index in [4.69, 9.17) is 11.6 Å². The van der Waals surface area contributed by atoms with Crippen LogP contribution in [0.1, 0.15) is 10.6 Å². The molecule has 0 aromatic carbocycles. The third-order valence-corrected chi connectivity index (χ3v) is 4.55. The van der Waals surface area contributed by atoms with Gasteiger partial charge in [-0.15, -0.1) is 11.3 Å². The first-order valence-electron chi connectivity index (χ1n) is 5.39. The topological polar surface area (TPSA) is 50.7 Å². The lowest BCUT2D eigenvalue weighted by Gasteiger charge is -2.05. The van der Waals surface area contributed by atoms with E-state index in [0.717, 1.165) is 27.1 Å². The first-order chi connectivity index (χ1) is 9.13. The minimum Gasteiger partial charge on any atom is -0.362 e. The predicted octanol–water partition coefficient (Wildman–Crippen LogP) is 3.86. The lowest BCUT2D eigenvalue weighted by Crippen LogP contribution is -2.02. The van der Waals surface area contributed by atoms with Crippen LogP contribution in [-0.2, 0) is 6.54 Å². The second-order valence-electron chi connectivity index (χ2n) is 3.85. The number of aromatic nitrogens is 3. The molecule has 1 N–H and O–H groups in total. The van der Waals surface area contributed by atoms with E-state index in [2.05, 4.69) is 20.3 Å². The van der Waals surface area contributed by atoms with E-state index in [9.17, 15) is 4.39 Å². The van der Waals surface area contributed by atoms with Gasteiger partial charge in [0.1, 0.15) is 10.8 Å². The number of rotatable bonds is 3. The van der Waals surface area contributed by atoms with Crippen molar-refractivity contribution in [3.05, 3.63) is 32.6 Å². The Labute approximate surface area is 121 Å². The van der Waals surface area contributed by atoms with Gasteiger partial charge >= 0.3 is 0 Å². The van der Waals surface area contributed by atoms with Crippen molar-refractivity contribution in [1.82, 2.24) is 15.0 Å². The largest absolute Gasteiger partial charge is 0.362 e. The second-order valence-corrected chi connectivity index (χ2v) is 6.13. The molecular weight excluding hydrogens is 307 g/mol. The van der Waals surface area contributed by atoms with E-state index < -0.39 is 0 Å². The van der Waals surface area contributed by atoms with Crippen molar-refractivity contribution < 1.29 is 4.39 Å². The smallest absolute Gasteiger partial charge is 0.224 e. The van der Waals surface area contributed by atoms with E-state index in [1.165, 1.54) is 6.20 Å². The Morgan fingerprint density at radius 2 is 2.26 bits per heavy atom. The third-order valence-electron chi connectivity index (χ3n) is 2.50. The van der Waals surface area contributed by atoms with Gasteiger partial charge in [-0.25, -0.2) is 9.97 Å². The lowest BCUT2D eigenvalue weighted by atomic mass is 10.3. The third kappa shape index (κ3) is 2.54. The van der Waals surface area contributed by atoms with E-state index in [1.807, 2.05) is 12.3 Å². The maximum absolute atomic E-state index is 12.9. The van der Waals surface area contributed by atoms with Gasteiger partial charge in [0.15, 0.2) is 5.13 Å². The van der Waals surface area contributed by atoms with Crippen LogP contribution in [0.2, 0.25) is 5.28 Å². The predicted molar refractivity (Wildman–Crippen MR) is 76.6 cm³/mol. The molecule has 0 spiro atoms. The van der Waals surface area contributed by atoms with Crippen LogP contribution in [-0.4, -0.2) is 15.0 Å². The Morgan fingerprint density at radius 3 is 3.00 bits per heavy atom. The maximum Gasteiger partial charge on any atom is 0.224 e. The highest BCUT2D eigenvalue weighted by Gasteiger charge is 2.11. The summed E-state index contributed by atoms with van der Waals surface area (Å²) in [6.07, 6.45) is 1.21. The van der Waals surface area contributed by atoms with E-state index >= 15 is 0 Å². The molecule has 98 valence electrons. The number of thiophene rings is 1. The number of halogens is 2.